The Balaban J connectivity index is 1.88. The Morgan fingerprint density at radius 2 is 2.25 bits per heavy atom. The molecule has 2 rings (SSSR count). The van der Waals surface area contributed by atoms with E-state index in [9.17, 15) is 9.59 Å². The first kappa shape index (κ1) is 10.6. The molecule has 1 fully saturated rings. The molecule has 0 atom stereocenters. The zero-order valence-corrected chi connectivity index (χ0v) is 8.67. The SMILES string of the molecule is O=C(O)CC1CN(C(=O)c2cccnc2)C1. The predicted molar refractivity (Wildman–Crippen MR) is 55.9 cm³/mol. The maximum Gasteiger partial charge on any atom is 0.303 e. The summed E-state index contributed by atoms with van der Waals surface area (Å²) in [4.78, 5) is 27.7. The van der Waals surface area contributed by atoms with Crippen LogP contribution in [0.2, 0.25) is 0 Å². The number of pyridine rings is 1. The zero-order chi connectivity index (χ0) is 11.5. The highest BCUT2D eigenvalue weighted by Gasteiger charge is 2.32. The summed E-state index contributed by atoms with van der Waals surface area (Å²) >= 11 is 0. The third kappa shape index (κ3) is 2.18. The fourth-order valence-corrected chi connectivity index (χ4v) is 1.78. The molecule has 1 aromatic rings. The first-order valence-corrected chi connectivity index (χ1v) is 5.08. The van der Waals surface area contributed by atoms with Crippen LogP contribution in [0.5, 0.6) is 0 Å². The van der Waals surface area contributed by atoms with Crippen LogP contribution in [-0.4, -0.2) is 40.0 Å². The molecule has 0 aromatic carbocycles. The quantitative estimate of drug-likeness (QED) is 0.811. The van der Waals surface area contributed by atoms with Crippen LogP contribution in [0.15, 0.2) is 24.5 Å². The molecule has 5 nitrogen and oxygen atoms in total. The molecule has 0 saturated carbocycles. The van der Waals surface area contributed by atoms with Crippen molar-refractivity contribution in [2.75, 3.05) is 13.1 Å². The fourth-order valence-electron chi connectivity index (χ4n) is 1.78. The van der Waals surface area contributed by atoms with Gasteiger partial charge in [0.05, 0.1) is 12.0 Å². The summed E-state index contributed by atoms with van der Waals surface area (Å²) in [6, 6.07) is 3.42. The van der Waals surface area contributed by atoms with Gasteiger partial charge in [-0.2, -0.15) is 0 Å². The highest BCUT2D eigenvalue weighted by atomic mass is 16.4. The third-order valence-electron chi connectivity index (χ3n) is 2.62. The molecule has 5 heteroatoms. The van der Waals surface area contributed by atoms with Gasteiger partial charge >= 0.3 is 5.97 Å². The second-order valence-corrected chi connectivity index (χ2v) is 3.92. The molecule has 0 unspecified atom stereocenters. The minimum absolute atomic E-state index is 0.0743. The number of carbonyl (C=O) groups excluding carboxylic acids is 1. The van der Waals surface area contributed by atoms with Gasteiger partial charge in [-0.25, -0.2) is 0 Å². The Morgan fingerprint density at radius 1 is 1.50 bits per heavy atom. The van der Waals surface area contributed by atoms with E-state index in [1.807, 2.05) is 0 Å². The van der Waals surface area contributed by atoms with Crippen LogP contribution in [0.4, 0.5) is 0 Å². The number of hydrogen-bond donors (Lipinski definition) is 1. The summed E-state index contributed by atoms with van der Waals surface area (Å²) in [6.45, 7) is 1.06. The average Bonchev–Trinajstić information content (AvgIpc) is 2.23. The number of aromatic nitrogens is 1. The van der Waals surface area contributed by atoms with Gasteiger partial charge in [0.15, 0.2) is 0 Å². The average molecular weight is 220 g/mol. The monoisotopic (exact) mass is 220 g/mol. The lowest BCUT2D eigenvalue weighted by molar-refractivity contribution is -0.139. The number of rotatable bonds is 3. The van der Waals surface area contributed by atoms with Crippen LogP contribution >= 0.6 is 0 Å². The van der Waals surface area contributed by atoms with Crippen molar-refractivity contribution in [3.8, 4) is 0 Å². The van der Waals surface area contributed by atoms with Gasteiger partial charge in [-0.15, -0.1) is 0 Å². The molecule has 0 spiro atoms. The maximum atomic E-state index is 11.8. The molecule has 1 saturated heterocycles. The van der Waals surface area contributed by atoms with Crippen LogP contribution in [0.1, 0.15) is 16.8 Å². The summed E-state index contributed by atoms with van der Waals surface area (Å²) in [5.41, 5.74) is 0.552. The van der Waals surface area contributed by atoms with Crippen molar-refractivity contribution >= 4 is 11.9 Å². The van der Waals surface area contributed by atoms with Crippen LogP contribution < -0.4 is 0 Å². The Labute approximate surface area is 92.7 Å². The molecule has 1 aromatic heterocycles. The van der Waals surface area contributed by atoms with E-state index in [0.717, 1.165) is 0 Å². The van der Waals surface area contributed by atoms with E-state index in [1.165, 1.54) is 6.20 Å². The van der Waals surface area contributed by atoms with E-state index < -0.39 is 5.97 Å². The maximum absolute atomic E-state index is 11.8. The summed E-state index contributed by atoms with van der Waals surface area (Å²) in [5.74, 6) is -0.786. The molecule has 2 heterocycles. The molecule has 0 radical (unpaired) electrons. The summed E-state index contributed by atoms with van der Waals surface area (Å²) in [6.07, 6.45) is 3.27. The van der Waals surface area contributed by atoms with Crippen molar-refractivity contribution in [2.24, 2.45) is 5.92 Å². The van der Waals surface area contributed by atoms with Gasteiger partial charge in [0.25, 0.3) is 5.91 Å². The molecule has 84 valence electrons. The van der Waals surface area contributed by atoms with E-state index in [4.69, 9.17) is 5.11 Å². The fraction of sp³-hybridized carbons (Fsp3) is 0.364. The van der Waals surface area contributed by atoms with E-state index in [-0.39, 0.29) is 18.2 Å². The van der Waals surface area contributed by atoms with Crippen molar-refractivity contribution in [1.82, 2.24) is 9.88 Å². The molecule has 1 aliphatic rings. The highest BCUT2D eigenvalue weighted by Crippen LogP contribution is 2.21. The Hall–Kier alpha value is -1.91. The minimum atomic E-state index is -0.807. The number of hydrogen-bond acceptors (Lipinski definition) is 3. The molecular formula is C11H12N2O3. The summed E-state index contributed by atoms with van der Waals surface area (Å²) in [5, 5.41) is 8.58. The molecule has 1 aliphatic heterocycles. The standard InChI is InChI=1S/C11H12N2O3/c14-10(15)4-8-6-13(7-8)11(16)9-2-1-3-12-5-9/h1-3,5,8H,4,6-7H2,(H,14,15). The number of nitrogens with zero attached hydrogens (tertiary/aromatic N) is 2. The lowest BCUT2D eigenvalue weighted by Gasteiger charge is -2.38. The van der Waals surface area contributed by atoms with Crippen LogP contribution in [-0.2, 0) is 4.79 Å². The molecule has 1 N–H and O–H groups in total. The number of likely N-dealkylation sites (tertiary alicyclic amines) is 1. The lowest BCUT2D eigenvalue weighted by Crippen LogP contribution is -2.50. The highest BCUT2D eigenvalue weighted by molar-refractivity contribution is 5.94. The molecule has 16 heavy (non-hydrogen) atoms. The number of carboxylic acids is 1. The first-order valence-electron chi connectivity index (χ1n) is 5.08. The Kier molecular flexibility index (Phi) is 2.85. The Morgan fingerprint density at radius 3 is 2.81 bits per heavy atom. The van der Waals surface area contributed by atoms with E-state index in [1.54, 1.807) is 23.2 Å². The summed E-state index contributed by atoms with van der Waals surface area (Å²) < 4.78 is 0. The molecule has 0 aliphatic carbocycles. The zero-order valence-electron chi connectivity index (χ0n) is 8.67. The van der Waals surface area contributed by atoms with E-state index >= 15 is 0 Å². The Bertz CT molecular complexity index is 399. The largest absolute Gasteiger partial charge is 0.481 e. The topological polar surface area (TPSA) is 70.5 Å². The van der Waals surface area contributed by atoms with Gasteiger partial charge in [-0.05, 0) is 12.1 Å². The van der Waals surface area contributed by atoms with Crippen molar-refractivity contribution in [3.63, 3.8) is 0 Å². The smallest absolute Gasteiger partial charge is 0.303 e. The number of amides is 1. The van der Waals surface area contributed by atoms with Gasteiger partial charge < -0.3 is 10.0 Å². The van der Waals surface area contributed by atoms with Crippen molar-refractivity contribution in [2.45, 2.75) is 6.42 Å². The van der Waals surface area contributed by atoms with Gasteiger partial charge in [-0.3, -0.25) is 14.6 Å². The minimum Gasteiger partial charge on any atom is -0.481 e. The first-order chi connectivity index (χ1) is 7.66. The number of carbonyl (C=O) groups is 2. The molecule has 0 bridgehead atoms. The second kappa shape index (κ2) is 4.30. The summed E-state index contributed by atoms with van der Waals surface area (Å²) in [7, 11) is 0. The van der Waals surface area contributed by atoms with Gasteiger partial charge in [-0.1, -0.05) is 0 Å². The van der Waals surface area contributed by atoms with Crippen LogP contribution in [0, 0.1) is 5.92 Å². The van der Waals surface area contributed by atoms with Crippen molar-refractivity contribution in [1.29, 1.82) is 0 Å². The number of carboxylic acid groups (broad SMARTS) is 1. The van der Waals surface area contributed by atoms with Crippen molar-refractivity contribution in [3.05, 3.63) is 30.1 Å². The third-order valence-corrected chi connectivity index (χ3v) is 2.62. The predicted octanol–water partition coefficient (Wildman–Crippen LogP) is 0.628. The molecule has 1 amide bonds. The molecular weight excluding hydrogens is 208 g/mol. The van der Waals surface area contributed by atoms with Gasteiger partial charge in [0, 0.05) is 31.4 Å². The van der Waals surface area contributed by atoms with Crippen LogP contribution in [0.25, 0.3) is 0 Å². The van der Waals surface area contributed by atoms with Crippen molar-refractivity contribution < 1.29 is 14.7 Å². The second-order valence-electron chi connectivity index (χ2n) is 3.92. The normalized spacial score (nSPS) is 15.6. The lowest BCUT2D eigenvalue weighted by atomic mass is 9.95. The van der Waals surface area contributed by atoms with Crippen LogP contribution in [0.3, 0.4) is 0 Å². The van der Waals surface area contributed by atoms with E-state index in [0.29, 0.717) is 18.7 Å². The number of aliphatic carboxylic acids is 1. The van der Waals surface area contributed by atoms with Gasteiger partial charge in [0.2, 0.25) is 0 Å². The van der Waals surface area contributed by atoms with E-state index in [2.05, 4.69) is 4.98 Å². The van der Waals surface area contributed by atoms with Gasteiger partial charge in [0.1, 0.15) is 0 Å².